The fourth-order valence-corrected chi connectivity index (χ4v) is 2.46. The maximum absolute atomic E-state index is 12.0. The van der Waals surface area contributed by atoms with Gasteiger partial charge in [-0.15, -0.1) is 11.3 Å². The number of thiophene rings is 1. The topological polar surface area (TPSA) is 84.9 Å². The molecule has 2 N–H and O–H groups in total. The van der Waals surface area contributed by atoms with Gasteiger partial charge in [-0.3, -0.25) is 4.79 Å². The van der Waals surface area contributed by atoms with Gasteiger partial charge in [0.1, 0.15) is 17.1 Å². The molecule has 0 saturated carbocycles. The van der Waals surface area contributed by atoms with Crippen LogP contribution in [0, 0.1) is 0 Å². The lowest BCUT2D eigenvalue weighted by molar-refractivity contribution is -0.129. The van der Waals surface area contributed by atoms with Crippen LogP contribution in [0.25, 0.3) is 0 Å². The van der Waals surface area contributed by atoms with Crippen molar-refractivity contribution in [2.75, 3.05) is 7.11 Å². The normalized spacial score (nSPS) is 11.6. The van der Waals surface area contributed by atoms with Crippen molar-refractivity contribution in [3.63, 3.8) is 0 Å². The number of nitrogens with one attached hydrogen (secondary N) is 1. The number of hydrogen-bond donors (Lipinski definition) is 2. The predicted octanol–water partition coefficient (Wildman–Crippen LogP) is 2.32. The third-order valence-electron chi connectivity index (χ3n) is 3.09. The summed E-state index contributed by atoms with van der Waals surface area (Å²) < 4.78 is 10.0. The summed E-state index contributed by atoms with van der Waals surface area (Å²) in [6.07, 6.45) is -0.969. The second-order valence-electron chi connectivity index (χ2n) is 4.73. The van der Waals surface area contributed by atoms with Crippen molar-refractivity contribution in [3.05, 3.63) is 46.2 Å². The molecule has 0 aliphatic rings. The van der Waals surface area contributed by atoms with Crippen molar-refractivity contribution < 1.29 is 24.2 Å². The largest absolute Gasteiger partial charge is 0.507 e. The molecule has 122 valence electrons. The Bertz CT molecular complexity index is 684. The van der Waals surface area contributed by atoms with Crippen molar-refractivity contribution >= 4 is 23.2 Å². The smallest absolute Gasteiger partial charge is 0.342 e. The van der Waals surface area contributed by atoms with Gasteiger partial charge in [0.05, 0.1) is 13.7 Å². The fourth-order valence-electron chi connectivity index (χ4n) is 1.82. The minimum Gasteiger partial charge on any atom is -0.507 e. The maximum Gasteiger partial charge on any atom is 0.342 e. The fraction of sp³-hybridized carbons (Fsp3) is 0.250. The third kappa shape index (κ3) is 4.46. The molecular formula is C16H17NO5S. The monoisotopic (exact) mass is 335 g/mol. The molecule has 23 heavy (non-hydrogen) atoms. The average molecular weight is 335 g/mol. The summed E-state index contributed by atoms with van der Waals surface area (Å²) in [5.74, 6) is -1.02. The van der Waals surface area contributed by atoms with Crippen molar-refractivity contribution in [2.24, 2.45) is 0 Å². The molecule has 0 radical (unpaired) electrons. The number of benzene rings is 1. The number of esters is 1. The lowest BCUT2D eigenvalue weighted by Gasteiger charge is -2.14. The number of methoxy groups -OCH3 is 1. The van der Waals surface area contributed by atoms with E-state index in [1.807, 2.05) is 17.5 Å². The highest BCUT2D eigenvalue weighted by Crippen LogP contribution is 2.24. The highest BCUT2D eigenvalue weighted by Gasteiger charge is 2.21. The quantitative estimate of drug-likeness (QED) is 0.792. The Kier molecular flexibility index (Phi) is 5.59. The van der Waals surface area contributed by atoms with Crippen molar-refractivity contribution in [1.82, 2.24) is 5.32 Å². The number of phenols is 1. The van der Waals surface area contributed by atoms with E-state index in [1.165, 1.54) is 43.6 Å². The van der Waals surface area contributed by atoms with Crippen LogP contribution in [0.1, 0.15) is 22.2 Å². The molecule has 1 aromatic carbocycles. The van der Waals surface area contributed by atoms with Crippen LogP contribution >= 0.6 is 11.3 Å². The lowest BCUT2D eigenvalue weighted by Crippen LogP contribution is -2.35. The van der Waals surface area contributed by atoms with Gasteiger partial charge in [0.2, 0.25) is 0 Å². The molecule has 1 aromatic heterocycles. The van der Waals surface area contributed by atoms with E-state index >= 15 is 0 Å². The Hall–Kier alpha value is -2.54. The summed E-state index contributed by atoms with van der Waals surface area (Å²) in [7, 11) is 1.45. The summed E-state index contributed by atoms with van der Waals surface area (Å²) in [6.45, 7) is 1.86. The van der Waals surface area contributed by atoms with E-state index in [9.17, 15) is 14.7 Å². The Labute approximate surface area is 137 Å². The minimum atomic E-state index is -0.969. The van der Waals surface area contributed by atoms with Crippen LogP contribution in [-0.4, -0.2) is 30.2 Å². The molecule has 1 atom stereocenters. The molecule has 0 unspecified atom stereocenters. The zero-order valence-electron chi connectivity index (χ0n) is 12.7. The highest BCUT2D eigenvalue weighted by molar-refractivity contribution is 7.09. The molecule has 0 bridgehead atoms. The van der Waals surface area contributed by atoms with E-state index in [1.54, 1.807) is 0 Å². The van der Waals surface area contributed by atoms with Gasteiger partial charge < -0.3 is 19.9 Å². The molecule has 7 heteroatoms. The second-order valence-corrected chi connectivity index (χ2v) is 5.76. The zero-order valence-corrected chi connectivity index (χ0v) is 13.6. The predicted molar refractivity (Wildman–Crippen MR) is 85.7 cm³/mol. The Morgan fingerprint density at radius 1 is 1.35 bits per heavy atom. The van der Waals surface area contributed by atoms with E-state index in [4.69, 9.17) is 9.47 Å². The minimum absolute atomic E-state index is 0.0243. The van der Waals surface area contributed by atoms with Crippen LogP contribution in [0.5, 0.6) is 11.5 Å². The van der Waals surface area contributed by atoms with Gasteiger partial charge in [0, 0.05) is 10.9 Å². The van der Waals surface area contributed by atoms with Crippen molar-refractivity contribution in [3.8, 4) is 11.5 Å². The van der Waals surface area contributed by atoms with E-state index in [0.29, 0.717) is 12.3 Å². The Balaban J connectivity index is 1.92. The van der Waals surface area contributed by atoms with Gasteiger partial charge in [-0.2, -0.15) is 0 Å². The lowest BCUT2D eigenvalue weighted by atomic mass is 10.2. The van der Waals surface area contributed by atoms with Gasteiger partial charge in [-0.05, 0) is 30.5 Å². The van der Waals surface area contributed by atoms with Gasteiger partial charge in [0.25, 0.3) is 5.91 Å². The third-order valence-corrected chi connectivity index (χ3v) is 3.97. The first kappa shape index (κ1) is 16.8. The summed E-state index contributed by atoms with van der Waals surface area (Å²) in [5.41, 5.74) is -0.0243. The standard InChI is InChI=1S/C16H17NO5S/c1-10(15(19)17-9-12-4-3-7-23-12)22-16(20)13-6-5-11(21-2)8-14(13)18/h3-8,10,18H,9H2,1-2H3,(H,17,19)/t10-/m0/s1. The van der Waals surface area contributed by atoms with Gasteiger partial charge >= 0.3 is 5.97 Å². The number of amides is 1. The van der Waals surface area contributed by atoms with Crippen molar-refractivity contribution in [1.29, 1.82) is 0 Å². The van der Waals surface area contributed by atoms with E-state index < -0.39 is 18.0 Å². The van der Waals surface area contributed by atoms with Gasteiger partial charge in [-0.1, -0.05) is 6.07 Å². The zero-order chi connectivity index (χ0) is 16.8. The number of phenolic OH excluding ortho intramolecular Hbond substituents is 1. The molecule has 0 aliphatic carbocycles. The molecule has 0 spiro atoms. The number of rotatable bonds is 6. The number of carbonyl (C=O) groups excluding carboxylic acids is 2. The van der Waals surface area contributed by atoms with Crippen LogP contribution in [0.4, 0.5) is 0 Å². The molecule has 6 nitrogen and oxygen atoms in total. The molecule has 1 amide bonds. The number of ether oxygens (including phenoxy) is 2. The first-order valence-electron chi connectivity index (χ1n) is 6.89. The van der Waals surface area contributed by atoms with Crippen LogP contribution in [0.3, 0.4) is 0 Å². The number of hydrogen-bond acceptors (Lipinski definition) is 6. The second kappa shape index (κ2) is 7.64. The molecule has 0 saturated heterocycles. The SMILES string of the molecule is COc1ccc(C(=O)O[C@@H](C)C(=O)NCc2cccs2)c(O)c1. The van der Waals surface area contributed by atoms with Crippen LogP contribution in [-0.2, 0) is 16.1 Å². The molecule has 0 aliphatic heterocycles. The van der Waals surface area contributed by atoms with Crippen molar-refractivity contribution in [2.45, 2.75) is 19.6 Å². The average Bonchev–Trinajstić information content (AvgIpc) is 3.05. The molecule has 0 fully saturated rings. The first-order chi connectivity index (χ1) is 11.0. The summed E-state index contributed by atoms with van der Waals surface area (Å²) >= 11 is 1.53. The summed E-state index contributed by atoms with van der Waals surface area (Å²) in [6, 6.07) is 8.00. The summed E-state index contributed by atoms with van der Waals surface area (Å²) in [4.78, 5) is 24.9. The van der Waals surface area contributed by atoms with Gasteiger partial charge in [-0.25, -0.2) is 4.79 Å². The highest BCUT2D eigenvalue weighted by atomic mass is 32.1. The molecular weight excluding hydrogens is 318 g/mol. The molecule has 2 aromatic rings. The molecule has 2 rings (SSSR count). The maximum atomic E-state index is 12.0. The number of carbonyl (C=O) groups is 2. The van der Waals surface area contributed by atoms with E-state index in [2.05, 4.69) is 5.32 Å². The Morgan fingerprint density at radius 2 is 2.13 bits per heavy atom. The first-order valence-corrected chi connectivity index (χ1v) is 7.77. The van der Waals surface area contributed by atoms with Crippen LogP contribution < -0.4 is 10.1 Å². The summed E-state index contributed by atoms with van der Waals surface area (Å²) in [5, 5.41) is 14.4. The Morgan fingerprint density at radius 3 is 2.74 bits per heavy atom. The van der Waals surface area contributed by atoms with E-state index in [-0.39, 0.29) is 11.3 Å². The van der Waals surface area contributed by atoms with E-state index in [0.717, 1.165) is 4.88 Å². The number of aromatic hydroxyl groups is 1. The van der Waals surface area contributed by atoms with Crippen LogP contribution in [0.15, 0.2) is 35.7 Å². The molecule has 1 heterocycles. The van der Waals surface area contributed by atoms with Crippen LogP contribution in [0.2, 0.25) is 0 Å². The van der Waals surface area contributed by atoms with Gasteiger partial charge in [0.15, 0.2) is 6.10 Å².